The minimum absolute atomic E-state index is 0.0392. The van der Waals surface area contributed by atoms with Crippen molar-refractivity contribution in [3.63, 3.8) is 0 Å². The number of anilines is 5. The summed E-state index contributed by atoms with van der Waals surface area (Å²) in [4.78, 5) is 37.8. The van der Waals surface area contributed by atoms with Gasteiger partial charge in [0.2, 0.25) is 5.91 Å². The highest BCUT2D eigenvalue weighted by atomic mass is 16.5. The third-order valence-electron chi connectivity index (χ3n) is 5.86. The SMILES string of the molecule is CNC(=O)c1nnc(Nc2cc(NC(=O)C3CC3)nc(C)n2)cc1Nc1cccc(-c2ncn(C)n2)c1OC. The summed E-state index contributed by atoms with van der Waals surface area (Å²) < 4.78 is 7.29. The number of hydrogen-bond donors (Lipinski definition) is 4. The molecule has 2 amide bonds. The zero-order valence-electron chi connectivity index (χ0n) is 21.8. The van der Waals surface area contributed by atoms with Crippen molar-refractivity contribution in [3.8, 4) is 17.1 Å². The largest absolute Gasteiger partial charge is 0.494 e. The van der Waals surface area contributed by atoms with Gasteiger partial charge in [-0.1, -0.05) is 6.07 Å². The van der Waals surface area contributed by atoms with E-state index in [9.17, 15) is 9.59 Å². The lowest BCUT2D eigenvalue weighted by molar-refractivity contribution is -0.117. The van der Waals surface area contributed by atoms with Gasteiger partial charge in [0.25, 0.3) is 5.91 Å². The molecule has 1 aliphatic carbocycles. The Balaban J connectivity index is 1.46. The fourth-order valence-electron chi connectivity index (χ4n) is 3.87. The van der Waals surface area contributed by atoms with E-state index in [0.717, 1.165) is 12.8 Å². The second kappa shape index (κ2) is 10.7. The van der Waals surface area contributed by atoms with Crippen LogP contribution in [0.15, 0.2) is 36.7 Å². The summed E-state index contributed by atoms with van der Waals surface area (Å²) >= 11 is 0. The van der Waals surface area contributed by atoms with Crippen molar-refractivity contribution in [1.82, 2.24) is 40.2 Å². The number of aryl methyl sites for hydroxylation is 2. The molecular weight excluding hydrogens is 502 g/mol. The smallest absolute Gasteiger partial charge is 0.273 e. The highest BCUT2D eigenvalue weighted by molar-refractivity contribution is 5.99. The maximum absolute atomic E-state index is 12.6. The number of carbonyl (C=O) groups is 2. The Labute approximate surface area is 223 Å². The van der Waals surface area contributed by atoms with Crippen LogP contribution in [0.2, 0.25) is 0 Å². The van der Waals surface area contributed by atoms with Gasteiger partial charge < -0.3 is 26.0 Å². The molecule has 4 aromatic rings. The van der Waals surface area contributed by atoms with Crippen LogP contribution < -0.4 is 26.0 Å². The standard InChI is InChI=1S/C25H27N11O3/c1-13-28-18(11-19(29-13)32-24(37)14-8-9-14)31-20-10-17(21(34-33-20)25(38)26-2)30-16-7-5-6-15(22(16)39-4)23-27-12-36(3)35-23/h5-7,10-12,14H,8-9H2,1-4H3,(H,26,38)(H3,28,29,30,31,32,33,37). The van der Waals surface area contributed by atoms with Crippen molar-refractivity contribution in [3.05, 3.63) is 48.2 Å². The molecule has 14 nitrogen and oxygen atoms in total. The first-order chi connectivity index (χ1) is 18.8. The Morgan fingerprint density at radius 2 is 1.82 bits per heavy atom. The van der Waals surface area contributed by atoms with E-state index in [2.05, 4.69) is 51.5 Å². The molecule has 3 aromatic heterocycles. The highest BCUT2D eigenvalue weighted by Crippen LogP contribution is 2.37. The maximum atomic E-state index is 12.6. The van der Waals surface area contributed by atoms with E-state index >= 15 is 0 Å². The van der Waals surface area contributed by atoms with E-state index < -0.39 is 5.91 Å². The second-order valence-electron chi connectivity index (χ2n) is 8.90. The number of methoxy groups -OCH3 is 1. The first kappa shape index (κ1) is 25.5. The summed E-state index contributed by atoms with van der Waals surface area (Å²) in [6.07, 6.45) is 3.37. The topological polar surface area (TPSA) is 174 Å². The van der Waals surface area contributed by atoms with Gasteiger partial charge in [0.05, 0.1) is 24.0 Å². The highest BCUT2D eigenvalue weighted by Gasteiger charge is 2.30. The molecule has 0 atom stereocenters. The van der Waals surface area contributed by atoms with Gasteiger partial charge in [-0.2, -0.15) is 5.10 Å². The van der Waals surface area contributed by atoms with Crippen LogP contribution in [0.5, 0.6) is 5.75 Å². The zero-order valence-corrected chi connectivity index (χ0v) is 21.8. The molecule has 0 bridgehead atoms. The molecule has 0 aliphatic heterocycles. The molecule has 3 heterocycles. The van der Waals surface area contributed by atoms with Gasteiger partial charge in [-0.25, -0.2) is 15.0 Å². The number of carbonyl (C=O) groups excluding carboxylic acids is 2. The molecule has 0 radical (unpaired) electrons. The number of hydrogen-bond acceptors (Lipinski definition) is 11. The number of para-hydroxylation sites is 1. The number of benzene rings is 1. The lowest BCUT2D eigenvalue weighted by Crippen LogP contribution is -2.21. The van der Waals surface area contributed by atoms with Crippen LogP contribution in [0, 0.1) is 12.8 Å². The molecule has 14 heteroatoms. The van der Waals surface area contributed by atoms with Crippen molar-refractivity contribution >= 4 is 40.6 Å². The molecular formula is C25H27N11O3. The number of ether oxygens (including phenoxy) is 1. The van der Waals surface area contributed by atoms with Gasteiger partial charge in [0.15, 0.2) is 23.1 Å². The van der Waals surface area contributed by atoms with E-state index in [1.165, 1.54) is 7.05 Å². The minimum Gasteiger partial charge on any atom is -0.494 e. The molecule has 200 valence electrons. The number of nitrogens with zero attached hydrogens (tertiary/aromatic N) is 7. The fraction of sp³-hybridized carbons (Fsp3) is 0.280. The van der Waals surface area contributed by atoms with Gasteiger partial charge in [-0.3, -0.25) is 14.3 Å². The van der Waals surface area contributed by atoms with Crippen molar-refractivity contribution < 1.29 is 14.3 Å². The predicted octanol–water partition coefficient (Wildman–Crippen LogP) is 2.57. The van der Waals surface area contributed by atoms with Gasteiger partial charge >= 0.3 is 0 Å². The van der Waals surface area contributed by atoms with E-state index in [0.29, 0.717) is 51.8 Å². The molecule has 0 spiro atoms. The minimum atomic E-state index is -0.430. The van der Waals surface area contributed by atoms with Crippen molar-refractivity contribution in [2.75, 3.05) is 30.1 Å². The number of nitrogens with one attached hydrogen (secondary N) is 4. The number of amides is 2. The van der Waals surface area contributed by atoms with Crippen molar-refractivity contribution in [2.45, 2.75) is 19.8 Å². The average molecular weight is 530 g/mol. The quantitative estimate of drug-likeness (QED) is 0.251. The number of rotatable bonds is 9. The van der Waals surface area contributed by atoms with Gasteiger partial charge in [0.1, 0.15) is 23.8 Å². The van der Waals surface area contributed by atoms with Crippen LogP contribution in [-0.2, 0) is 11.8 Å². The maximum Gasteiger partial charge on any atom is 0.273 e. The molecule has 1 aliphatic rings. The normalized spacial score (nSPS) is 12.5. The molecule has 1 aromatic carbocycles. The summed E-state index contributed by atoms with van der Waals surface area (Å²) in [5, 5.41) is 24.4. The van der Waals surface area contributed by atoms with Gasteiger partial charge in [-0.15, -0.1) is 10.2 Å². The first-order valence-electron chi connectivity index (χ1n) is 12.2. The average Bonchev–Trinajstić information content (AvgIpc) is 3.68. The third-order valence-corrected chi connectivity index (χ3v) is 5.86. The molecule has 4 N–H and O–H groups in total. The Kier molecular flexibility index (Phi) is 6.99. The lowest BCUT2D eigenvalue weighted by Gasteiger charge is -2.16. The second-order valence-corrected chi connectivity index (χ2v) is 8.90. The van der Waals surface area contributed by atoms with E-state index in [1.807, 2.05) is 12.1 Å². The zero-order chi connectivity index (χ0) is 27.5. The predicted molar refractivity (Wildman–Crippen MR) is 143 cm³/mol. The molecule has 1 fully saturated rings. The van der Waals surface area contributed by atoms with E-state index in [4.69, 9.17) is 4.74 Å². The van der Waals surface area contributed by atoms with Crippen LogP contribution in [0.1, 0.15) is 29.2 Å². The van der Waals surface area contributed by atoms with Crippen LogP contribution in [0.25, 0.3) is 11.4 Å². The lowest BCUT2D eigenvalue weighted by atomic mass is 10.1. The Morgan fingerprint density at radius 3 is 2.51 bits per heavy atom. The van der Waals surface area contributed by atoms with Gasteiger partial charge in [-0.05, 0) is 31.9 Å². The van der Waals surface area contributed by atoms with E-state index in [-0.39, 0.29) is 17.5 Å². The summed E-state index contributed by atoms with van der Waals surface area (Å²) in [6.45, 7) is 1.72. The van der Waals surface area contributed by atoms with Crippen LogP contribution in [-0.4, -0.2) is 60.9 Å². The molecule has 5 rings (SSSR count). The Hall–Kier alpha value is -5.14. The summed E-state index contributed by atoms with van der Waals surface area (Å²) in [5.74, 6) is 2.09. The molecule has 1 saturated carbocycles. The van der Waals surface area contributed by atoms with Crippen LogP contribution in [0.3, 0.4) is 0 Å². The van der Waals surface area contributed by atoms with E-state index in [1.54, 1.807) is 50.3 Å². The monoisotopic (exact) mass is 529 g/mol. The summed E-state index contributed by atoms with van der Waals surface area (Å²) in [7, 11) is 4.83. The summed E-state index contributed by atoms with van der Waals surface area (Å²) in [6, 6.07) is 8.71. The van der Waals surface area contributed by atoms with Crippen molar-refractivity contribution in [1.29, 1.82) is 0 Å². The first-order valence-corrected chi connectivity index (χ1v) is 12.2. The third kappa shape index (κ3) is 5.74. The Bertz CT molecular complexity index is 1550. The molecule has 0 saturated heterocycles. The molecule has 0 unspecified atom stereocenters. The van der Waals surface area contributed by atoms with Crippen LogP contribution >= 0.6 is 0 Å². The molecule has 39 heavy (non-hydrogen) atoms. The van der Waals surface area contributed by atoms with Crippen molar-refractivity contribution in [2.24, 2.45) is 13.0 Å². The van der Waals surface area contributed by atoms with Crippen LogP contribution in [0.4, 0.5) is 28.8 Å². The summed E-state index contributed by atoms with van der Waals surface area (Å²) in [5.41, 5.74) is 1.67. The Morgan fingerprint density at radius 1 is 1.03 bits per heavy atom. The fourth-order valence-corrected chi connectivity index (χ4v) is 3.87. The van der Waals surface area contributed by atoms with Gasteiger partial charge in [0, 0.05) is 32.1 Å². The number of aromatic nitrogens is 7.